The molecule has 0 aliphatic carbocycles. The Hall–Kier alpha value is -1.56. The van der Waals surface area contributed by atoms with Gasteiger partial charge in [0, 0.05) is 23.2 Å². The van der Waals surface area contributed by atoms with Crippen LogP contribution >= 0.6 is 22.9 Å². The van der Waals surface area contributed by atoms with Crippen LogP contribution in [-0.4, -0.2) is 9.97 Å². The van der Waals surface area contributed by atoms with E-state index in [1.165, 1.54) is 0 Å². The molecule has 0 aliphatic heterocycles. The van der Waals surface area contributed by atoms with Gasteiger partial charge in [-0.2, -0.15) is 0 Å². The van der Waals surface area contributed by atoms with E-state index in [0.29, 0.717) is 17.4 Å². The Morgan fingerprint density at radius 3 is 3.00 bits per heavy atom. The Bertz CT molecular complexity index is 693. The maximum absolute atomic E-state index is 6.23. The van der Waals surface area contributed by atoms with Crippen LogP contribution in [0.2, 0.25) is 5.02 Å². The van der Waals surface area contributed by atoms with Crippen LogP contribution in [0, 0.1) is 0 Å². The van der Waals surface area contributed by atoms with Crippen molar-refractivity contribution in [3.05, 3.63) is 45.5 Å². The van der Waals surface area contributed by atoms with Crippen molar-refractivity contribution in [1.29, 1.82) is 0 Å². The Kier molecular flexibility index (Phi) is 3.42. The average Bonchev–Trinajstić information content (AvgIpc) is 3.04. The second-order valence-electron chi connectivity index (χ2n) is 4.17. The molecule has 0 fully saturated rings. The standard InChI is InChI=1S/C13H12ClN3OS/c14-11-2-8-1-9(4-15)17-12(8)3-13(11)18-6-10-5-16-7-19-10/h1-3,5,7,17H,4,6,15H2/p+1. The minimum absolute atomic E-state index is 0.485. The molecule has 3 aromatic rings. The van der Waals surface area contributed by atoms with Gasteiger partial charge in [-0.25, -0.2) is 0 Å². The zero-order chi connectivity index (χ0) is 13.2. The highest BCUT2D eigenvalue weighted by molar-refractivity contribution is 7.09. The number of nitrogens with zero attached hydrogens (tertiary/aromatic N) is 1. The third-order valence-electron chi connectivity index (χ3n) is 2.85. The molecule has 2 heterocycles. The highest BCUT2D eigenvalue weighted by atomic mass is 35.5. The molecular weight excluding hydrogens is 282 g/mol. The summed E-state index contributed by atoms with van der Waals surface area (Å²) in [5.41, 5.74) is 7.76. The normalized spacial score (nSPS) is 11.1. The van der Waals surface area contributed by atoms with Crippen LogP contribution in [0.15, 0.2) is 29.9 Å². The first-order valence-corrected chi connectivity index (χ1v) is 7.12. The van der Waals surface area contributed by atoms with Gasteiger partial charge in [-0.15, -0.1) is 11.3 Å². The Morgan fingerprint density at radius 2 is 2.26 bits per heavy atom. The number of aromatic nitrogens is 2. The van der Waals surface area contributed by atoms with Crippen LogP contribution in [0.5, 0.6) is 5.75 Å². The second-order valence-corrected chi connectivity index (χ2v) is 5.55. The molecule has 0 radical (unpaired) electrons. The Morgan fingerprint density at radius 1 is 1.37 bits per heavy atom. The number of quaternary nitrogens is 1. The van der Waals surface area contributed by atoms with E-state index in [4.69, 9.17) is 16.3 Å². The lowest BCUT2D eigenvalue weighted by atomic mass is 10.2. The summed E-state index contributed by atoms with van der Waals surface area (Å²) in [5.74, 6) is 0.681. The van der Waals surface area contributed by atoms with Crippen molar-refractivity contribution < 1.29 is 10.5 Å². The van der Waals surface area contributed by atoms with Crippen LogP contribution in [0.1, 0.15) is 10.6 Å². The number of fused-ring (bicyclic) bond motifs is 1. The molecule has 98 valence electrons. The maximum Gasteiger partial charge on any atom is 0.140 e. The van der Waals surface area contributed by atoms with Crippen molar-refractivity contribution >= 4 is 33.8 Å². The van der Waals surface area contributed by atoms with E-state index in [9.17, 15) is 0 Å². The van der Waals surface area contributed by atoms with Gasteiger partial charge in [0.15, 0.2) is 0 Å². The Balaban J connectivity index is 1.88. The zero-order valence-corrected chi connectivity index (χ0v) is 11.7. The van der Waals surface area contributed by atoms with Gasteiger partial charge in [0.1, 0.15) is 18.9 Å². The number of H-pyrrole nitrogens is 1. The van der Waals surface area contributed by atoms with Crippen LogP contribution in [0.4, 0.5) is 0 Å². The zero-order valence-electron chi connectivity index (χ0n) is 10.1. The molecule has 0 atom stereocenters. The van der Waals surface area contributed by atoms with Crippen molar-refractivity contribution in [3.8, 4) is 5.75 Å². The number of nitrogens with one attached hydrogen (secondary N) is 1. The second kappa shape index (κ2) is 5.21. The fraction of sp³-hybridized carbons (Fsp3) is 0.154. The summed E-state index contributed by atoms with van der Waals surface area (Å²) in [5, 5.41) is 1.69. The van der Waals surface area contributed by atoms with Gasteiger partial charge < -0.3 is 15.5 Å². The monoisotopic (exact) mass is 294 g/mol. The van der Waals surface area contributed by atoms with Gasteiger partial charge in [0.05, 0.1) is 21.1 Å². The van der Waals surface area contributed by atoms with Gasteiger partial charge in [0.25, 0.3) is 0 Å². The molecular formula is C13H13ClN3OS+. The molecule has 0 unspecified atom stereocenters. The molecule has 19 heavy (non-hydrogen) atoms. The molecule has 0 spiro atoms. The molecule has 3 rings (SSSR count). The topological polar surface area (TPSA) is 65.6 Å². The number of halogens is 1. The SMILES string of the molecule is [NH3+]Cc1cc2cc(Cl)c(OCc3cncs3)cc2[nH]1. The molecule has 0 aliphatic rings. The van der Waals surface area contributed by atoms with Gasteiger partial charge in [-0.1, -0.05) is 11.6 Å². The first kappa shape index (κ1) is 12.5. The third kappa shape index (κ3) is 2.58. The molecule has 0 bridgehead atoms. The fourth-order valence-electron chi connectivity index (χ4n) is 1.90. The molecule has 2 aromatic heterocycles. The highest BCUT2D eigenvalue weighted by Crippen LogP contribution is 2.31. The van der Waals surface area contributed by atoms with Crippen LogP contribution in [0.3, 0.4) is 0 Å². The highest BCUT2D eigenvalue weighted by Gasteiger charge is 2.08. The van der Waals surface area contributed by atoms with Gasteiger partial charge >= 0.3 is 0 Å². The first-order valence-electron chi connectivity index (χ1n) is 5.87. The van der Waals surface area contributed by atoms with Crippen molar-refractivity contribution in [1.82, 2.24) is 9.97 Å². The van der Waals surface area contributed by atoms with E-state index < -0.39 is 0 Å². The largest absolute Gasteiger partial charge is 0.486 e. The van der Waals surface area contributed by atoms with Crippen molar-refractivity contribution in [2.24, 2.45) is 0 Å². The first-order chi connectivity index (χ1) is 9.26. The van der Waals surface area contributed by atoms with Crippen LogP contribution in [0.25, 0.3) is 10.9 Å². The number of benzene rings is 1. The summed E-state index contributed by atoms with van der Waals surface area (Å²) in [7, 11) is 0. The number of aromatic amines is 1. The molecule has 6 heteroatoms. The van der Waals surface area contributed by atoms with Gasteiger partial charge in [0.2, 0.25) is 0 Å². The summed E-state index contributed by atoms with van der Waals surface area (Å²) < 4.78 is 5.74. The lowest BCUT2D eigenvalue weighted by Gasteiger charge is -2.06. The van der Waals surface area contributed by atoms with Crippen molar-refractivity contribution in [2.75, 3.05) is 0 Å². The van der Waals surface area contributed by atoms with Crippen molar-refractivity contribution in [3.63, 3.8) is 0 Å². The summed E-state index contributed by atoms with van der Waals surface area (Å²) >= 11 is 7.79. The molecule has 0 saturated heterocycles. The van der Waals surface area contributed by atoms with E-state index in [1.54, 1.807) is 23.0 Å². The molecule has 4 N–H and O–H groups in total. The predicted molar refractivity (Wildman–Crippen MR) is 76.3 cm³/mol. The van der Waals surface area contributed by atoms with Crippen LogP contribution in [-0.2, 0) is 13.2 Å². The third-order valence-corrected chi connectivity index (χ3v) is 3.90. The number of rotatable bonds is 4. The van der Waals surface area contributed by atoms with E-state index >= 15 is 0 Å². The molecule has 1 aromatic carbocycles. The number of thiazole rings is 1. The Labute approximate surface area is 119 Å². The van der Waals surface area contributed by atoms with Gasteiger partial charge in [-0.05, 0) is 12.1 Å². The minimum atomic E-state index is 0.485. The summed E-state index contributed by atoms with van der Waals surface area (Å²) in [6, 6.07) is 5.90. The lowest BCUT2D eigenvalue weighted by molar-refractivity contribution is -0.387. The molecule has 4 nitrogen and oxygen atoms in total. The fourth-order valence-corrected chi connectivity index (χ4v) is 2.63. The number of hydrogen-bond acceptors (Lipinski definition) is 3. The predicted octanol–water partition coefficient (Wildman–Crippen LogP) is 2.60. The van der Waals surface area contributed by atoms with E-state index in [1.807, 2.05) is 12.1 Å². The maximum atomic E-state index is 6.23. The van der Waals surface area contributed by atoms with E-state index in [2.05, 4.69) is 21.8 Å². The van der Waals surface area contributed by atoms with Gasteiger partial charge in [-0.3, -0.25) is 4.98 Å². The van der Waals surface area contributed by atoms with E-state index in [0.717, 1.165) is 28.0 Å². The lowest BCUT2D eigenvalue weighted by Crippen LogP contribution is -2.47. The van der Waals surface area contributed by atoms with Crippen molar-refractivity contribution in [2.45, 2.75) is 13.2 Å². The molecule has 0 saturated carbocycles. The summed E-state index contributed by atoms with van der Waals surface area (Å²) in [6.45, 7) is 1.21. The summed E-state index contributed by atoms with van der Waals surface area (Å²) in [6.07, 6.45) is 1.80. The molecule has 0 amide bonds. The summed E-state index contributed by atoms with van der Waals surface area (Å²) in [4.78, 5) is 8.38. The number of ether oxygens (including phenoxy) is 1. The smallest absolute Gasteiger partial charge is 0.140 e. The minimum Gasteiger partial charge on any atom is -0.486 e. The van der Waals surface area contributed by atoms with E-state index in [-0.39, 0.29) is 0 Å². The van der Waals surface area contributed by atoms with Crippen LogP contribution < -0.4 is 10.5 Å². The quantitative estimate of drug-likeness (QED) is 0.777. The average molecular weight is 295 g/mol. The number of hydrogen-bond donors (Lipinski definition) is 2.